The molecule has 5 heteroatoms. The number of aromatic carboxylic acids is 1. The first kappa shape index (κ1) is 13.2. The van der Waals surface area contributed by atoms with Crippen molar-refractivity contribution >= 4 is 11.8 Å². The van der Waals surface area contributed by atoms with Gasteiger partial charge in [0.2, 0.25) is 0 Å². The normalized spacial score (nSPS) is 10.1. The molecule has 1 aromatic heterocycles. The minimum atomic E-state index is -1.29. The van der Waals surface area contributed by atoms with E-state index in [9.17, 15) is 9.18 Å². The van der Waals surface area contributed by atoms with Crippen LogP contribution in [0.5, 0.6) is 0 Å². The number of pyridine rings is 1. The lowest BCUT2D eigenvalue weighted by Crippen LogP contribution is -2.27. The number of likely N-dealkylation sites (N-methyl/N-ethyl adjacent to an activating group) is 1. The van der Waals surface area contributed by atoms with Crippen LogP contribution in [-0.4, -0.2) is 29.1 Å². The number of carbonyl (C=O) groups is 1. The Morgan fingerprint density at radius 2 is 2.29 bits per heavy atom. The maximum Gasteiger partial charge on any atom is 0.338 e. The summed E-state index contributed by atoms with van der Waals surface area (Å²) >= 11 is 0. The lowest BCUT2D eigenvalue weighted by atomic mass is 10.2. The van der Waals surface area contributed by atoms with Crippen LogP contribution in [0.1, 0.15) is 24.2 Å². The molecule has 17 heavy (non-hydrogen) atoms. The van der Waals surface area contributed by atoms with Crippen molar-refractivity contribution in [2.75, 3.05) is 18.0 Å². The van der Waals surface area contributed by atoms with Gasteiger partial charge in [0.25, 0.3) is 0 Å². The molecule has 0 amide bonds. The first-order valence-electron chi connectivity index (χ1n) is 5.24. The molecular weight excluding hydrogens is 223 g/mol. The van der Waals surface area contributed by atoms with Gasteiger partial charge in [-0.15, -0.1) is 0 Å². The third-order valence-electron chi connectivity index (χ3n) is 2.24. The number of nitrogens with zero attached hydrogens (tertiary/aromatic N) is 2. The highest BCUT2D eigenvalue weighted by molar-refractivity contribution is 5.88. The molecule has 0 aliphatic rings. The monoisotopic (exact) mass is 238 g/mol. The molecule has 0 unspecified atom stereocenters. The van der Waals surface area contributed by atoms with E-state index >= 15 is 0 Å². The van der Waals surface area contributed by atoms with Gasteiger partial charge in [-0.2, -0.15) is 0 Å². The predicted octanol–water partition coefficient (Wildman–Crippen LogP) is 2.32. The zero-order valence-corrected chi connectivity index (χ0v) is 9.90. The Morgan fingerprint density at radius 3 is 2.76 bits per heavy atom. The van der Waals surface area contributed by atoms with Gasteiger partial charge in [0.15, 0.2) is 11.6 Å². The van der Waals surface area contributed by atoms with Crippen LogP contribution in [0.4, 0.5) is 10.2 Å². The van der Waals surface area contributed by atoms with Crippen molar-refractivity contribution in [3.8, 4) is 0 Å². The van der Waals surface area contributed by atoms with Crippen LogP contribution in [-0.2, 0) is 0 Å². The van der Waals surface area contributed by atoms with Gasteiger partial charge in [-0.05, 0) is 19.9 Å². The van der Waals surface area contributed by atoms with E-state index in [2.05, 4.69) is 11.6 Å². The van der Waals surface area contributed by atoms with Crippen molar-refractivity contribution in [1.29, 1.82) is 0 Å². The second-order valence-electron chi connectivity index (χ2n) is 3.77. The Labute approximate surface area is 99.4 Å². The van der Waals surface area contributed by atoms with Crippen molar-refractivity contribution in [2.45, 2.75) is 13.8 Å². The molecule has 0 saturated carbocycles. The molecule has 0 spiro atoms. The van der Waals surface area contributed by atoms with Crippen molar-refractivity contribution in [3.05, 3.63) is 35.8 Å². The number of anilines is 1. The van der Waals surface area contributed by atoms with E-state index in [0.717, 1.165) is 11.6 Å². The maximum absolute atomic E-state index is 13.9. The lowest BCUT2D eigenvalue weighted by molar-refractivity contribution is 0.0692. The molecule has 1 aromatic rings. The Hall–Kier alpha value is -1.91. The van der Waals surface area contributed by atoms with E-state index in [1.165, 1.54) is 6.20 Å². The fraction of sp³-hybridized carbons (Fsp3) is 0.333. The predicted molar refractivity (Wildman–Crippen MR) is 63.9 cm³/mol. The number of carboxylic acids is 1. The summed E-state index contributed by atoms with van der Waals surface area (Å²) in [5.74, 6) is -2.05. The van der Waals surface area contributed by atoms with Gasteiger partial charge < -0.3 is 10.0 Å². The number of halogens is 1. The summed E-state index contributed by atoms with van der Waals surface area (Å²) in [6.45, 7) is 8.39. The minimum absolute atomic E-state index is 0.0513. The first-order chi connectivity index (χ1) is 7.97. The molecule has 4 nitrogen and oxygen atoms in total. The van der Waals surface area contributed by atoms with Crippen molar-refractivity contribution in [1.82, 2.24) is 4.98 Å². The third kappa shape index (κ3) is 3.03. The summed E-state index contributed by atoms with van der Waals surface area (Å²) in [4.78, 5) is 16.3. The highest BCUT2D eigenvalue weighted by atomic mass is 19.1. The summed E-state index contributed by atoms with van der Waals surface area (Å²) in [5, 5.41) is 8.82. The van der Waals surface area contributed by atoms with Crippen molar-refractivity contribution in [2.24, 2.45) is 0 Å². The van der Waals surface area contributed by atoms with Crippen LogP contribution in [0.25, 0.3) is 0 Å². The quantitative estimate of drug-likeness (QED) is 0.800. The molecule has 0 aliphatic carbocycles. The number of hydrogen-bond acceptors (Lipinski definition) is 3. The second-order valence-corrected chi connectivity index (χ2v) is 3.77. The molecule has 1 N–H and O–H groups in total. The third-order valence-corrected chi connectivity index (χ3v) is 2.24. The molecule has 0 radical (unpaired) electrons. The Balaban J connectivity index is 3.16. The SMILES string of the molecule is C=C(C)CN(CC)c1nccc(C(=O)O)c1F. The van der Waals surface area contributed by atoms with E-state index in [0.29, 0.717) is 13.1 Å². The van der Waals surface area contributed by atoms with Gasteiger partial charge in [-0.25, -0.2) is 14.2 Å². The van der Waals surface area contributed by atoms with Gasteiger partial charge in [-0.3, -0.25) is 0 Å². The molecule has 0 aromatic carbocycles. The average molecular weight is 238 g/mol. The van der Waals surface area contributed by atoms with Crippen LogP contribution in [0.15, 0.2) is 24.4 Å². The van der Waals surface area contributed by atoms with Gasteiger partial charge in [0.05, 0.1) is 0 Å². The molecule has 1 rings (SSSR count). The van der Waals surface area contributed by atoms with Crippen molar-refractivity contribution in [3.63, 3.8) is 0 Å². The summed E-state index contributed by atoms with van der Waals surface area (Å²) in [5.41, 5.74) is 0.490. The molecule has 0 bridgehead atoms. The summed E-state index contributed by atoms with van der Waals surface area (Å²) < 4.78 is 13.9. The molecule has 0 aliphatic heterocycles. The summed E-state index contributed by atoms with van der Waals surface area (Å²) in [7, 11) is 0. The van der Waals surface area contributed by atoms with E-state index in [4.69, 9.17) is 5.11 Å². The molecular formula is C12H15FN2O2. The van der Waals surface area contributed by atoms with Crippen LogP contribution >= 0.6 is 0 Å². The Kier molecular flexibility index (Phi) is 4.20. The number of aromatic nitrogens is 1. The Bertz CT molecular complexity index is 446. The molecule has 0 saturated heterocycles. The van der Waals surface area contributed by atoms with Crippen LogP contribution in [0.3, 0.4) is 0 Å². The van der Waals surface area contributed by atoms with Gasteiger partial charge in [0.1, 0.15) is 5.56 Å². The lowest BCUT2D eigenvalue weighted by Gasteiger charge is -2.22. The van der Waals surface area contributed by atoms with E-state index < -0.39 is 11.8 Å². The highest BCUT2D eigenvalue weighted by Gasteiger charge is 2.18. The van der Waals surface area contributed by atoms with Crippen molar-refractivity contribution < 1.29 is 14.3 Å². The van der Waals surface area contributed by atoms with E-state index in [1.54, 1.807) is 4.90 Å². The summed E-state index contributed by atoms with van der Waals surface area (Å²) in [6.07, 6.45) is 1.29. The number of carboxylic acid groups (broad SMARTS) is 1. The standard InChI is InChI=1S/C12H15FN2O2/c1-4-15(7-8(2)3)11-10(13)9(12(16)17)5-6-14-11/h5-6H,2,4,7H2,1,3H3,(H,16,17). The molecule has 0 fully saturated rings. The fourth-order valence-electron chi connectivity index (χ4n) is 1.48. The topological polar surface area (TPSA) is 53.4 Å². The second kappa shape index (κ2) is 5.43. The van der Waals surface area contributed by atoms with Gasteiger partial charge >= 0.3 is 5.97 Å². The largest absolute Gasteiger partial charge is 0.478 e. The van der Waals surface area contributed by atoms with Crippen LogP contribution in [0, 0.1) is 5.82 Å². The maximum atomic E-state index is 13.9. The highest BCUT2D eigenvalue weighted by Crippen LogP contribution is 2.20. The molecule has 92 valence electrons. The summed E-state index contributed by atoms with van der Waals surface area (Å²) in [6, 6.07) is 1.15. The van der Waals surface area contributed by atoms with Gasteiger partial charge in [0, 0.05) is 19.3 Å². The molecule has 1 heterocycles. The first-order valence-corrected chi connectivity index (χ1v) is 5.24. The smallest absolute Gasteiger partial charge is 0.338 e. The minimum Gasteiger partial charge on any atom is -0.478 e. The number of hydrogen-bond donors (Lipinski definition) is 1. The average Bonchev–Trinajstić information content (AvgIpc) is 2.26. The van der Waals surface area contributed by atoms with Gasteiger partial charge in [-0.1, -0.05) is 12.2 Å². The van der Waals surface area contributed by atoms with Crippen LogP contribution in [0.2, 0.25) is 0 Å². The van der Waals surface area contributed by atoms with E-state index in [1.807, 2.05) is 13.8 Å². The number of rotatable bonds is 5. The fourth-order valence-corrected chi connectivity index (χ4v) is 1.48. The van der Waals surface area contributed by atoms with Crippen LogP contribution < -0.4 is 4.90 Å². The van der Waals surface area contributed by atoms with E-state index in [-0.39, 0.29) is 11.4 Å². The molecule has 0 atom stereocenters. The zero-order chi connectivity index (χ0) is 13.0. The zero-order valence-electron chi connectivity index (χ0n) is 9.90. The Morgan fingerprint density at radius 1 is 1.65 bits per heavy atom.